The van der Waals surface area contributed by atoms with Gasteiger partial charge in [-0.2, -0.15) is 0 Å². The summed E-state index contributed by atoms with van der Waals surface area (Å²) in [7, 11) is -3.99. The van der Waals surface area contributed by atoms with Gasteiger partial charge in [-0.1, -0.05) is 105 Å². The summed E-state index contributed by atoms with van der Waals surface area (Å²) in [6.07, 6.45) is 6.68. The molecule has 0 aliphatic heterocycles. The lowest BCUT2D eigenvalue weighted by molar-refractivity contribution is 0.583. The molecule has 0 heterocycles. The largest absolute Gasteiger partial charge is 0.227 e. The molecule has 4 aromatic rings. The van der Waals surface area contributed by atoms with Crippen molar-refractivity contribution in [3.05, 3.63) is 152 Å². The molecule has 0 saturated carbocycles. The van der Waals surface area contributed by atoms with Crippen molar-refractivity contribution in [2.24, 2.45) is 0 Å². The van der Waals surface area contributed by atoms with Crippen LogP contribution < -0.4 is 0 Å². The lowest BCUT2D eigenvalue weighted by Crippen LogP contribution is -2.19. The van der Waals surface area contributed by atoms with Crippen LogP contribution in [-0.4, -0.2) is 8.42 Å². The van der Waals surface area contributed by atoms with E-state index in [1.807, 2.05) is 48.5 Å². The number of hydrogen-bond donors (Lipinski definition) is 0. The van der Waals surface area contributed by atoms with E-state index < -0.39 is 32.0 Å². The second-order valence-electron chi connectivity index (χ2n) is 8.35. The highest BCUT2D eigenvalue weighted by Gasteiger charge is 2.33. The maximum absolute atomic E-state index is 14.2. The monoisotopic (exact) mass is 642 g/mol. The van der Waals surface area contributed by atoms with Crippen molar-refractivity contribution >= 4 is 53.8 Å². The summed E-state index contributed by atoms with van der Waals surface area (Å²) in [5.41, 5.74) is 2.49. The zero-order valence-corrected chi connectivity index (χ0v) is 23.4. The van der Waals surface area contributed by atoms with Crippen LogP contribution in [0.5, 0.6) is 0 Å². The van der Waals surface area contributed by atoms with Crippen LogP contribution in [0.25, 0.3) is 12.2 Å². The van der Waals surface area contributed by atoms with Gasteiger partial charge in [0.15, 0.2) is 9.84 Å². The van der Waals surface area contributed by atoms with Crippen molar-refractivity contribution in [2.45, 2.75) is 10.5 Å². The Morgan fingerprint density at radius 1 is 0.541 bits per heavy atom. The van der Waals surface area contributed by atoms with E-state index in [0.717, 1.165) is 20.1 Å². The highest BCUT2D eigenvalue weighted by molar-refractivity contribution is 9.10. The van der Waals surface area contributed by atoms with Gasteiger partial charge in [0, 0.05) is 8.95 Å². The Kier molecular flexibility index (Phi) is 8.90. The van der Waals surface area contributed by atoms with Crippen LogP contribution in [0.3, 0.4) is 0 Å². The third-order valence-corrected chi connectivity index (χ3v) is 9.10. The van der Waals surface area contributed by atoms with Crippen molar-refractivity contribution in [3.8, 4) is 0 Å². The number of sulfone groups is 1. The molecule has 0 amide bonds. The van der Waals surface area contributed by atoms with Crippen molar-refractivity contribution in [3.63, 3.8) is 0 Å². The normalized spacial score (nSPS) is 13.7. The minimum atomic E-state index is -3.99. The predicted molar refractivity (Wildman–Crippen MR) is 154 cm³/mol. The summed E-state index contributed by atoms with van der Waals surface area (Å²) in [6, 6.07) is 25.8. The van der Waals surface area contributed by atoms with Crippen LogP contribution in [0.2, 0.25) is 0 Å². The van der Waals surface area contributed by atoms with Gasteiger partial charge in [0.05, 0.1) is 0 Å². The molecule has 37 heavy (non-hydrogen) atoms. The van der Waals surface area contributed by atoms with Gasteiger partial charge in [-0.05, 0) is 70.8 Å². The van der Waals surface area contributed by atoms with E-state index in [4.69, 9.17) is 0 Å². The minimum absolute atomic E-state index is 0.430. The number of halogens is 4. The second kappa shape index (κ2) is 12.1. The van der Waals surface area contributed by atoms with Gasteiger partial charge < -0.3 is 0 Å². The third-order valence-electron chi connectivity index (χ3n) is 5.77. The summed E-state index contributed by atoms with van der Waals surface area (Å²) in [5, 5.41) is -2.16. The minimum Gasteiger partial charge on any atom is -0.227 e. The first kappa shape index (κ1) is 27.2. The molecule has 4 aromatic carbocycles. The topological polar surface area (TPSA) is 34.1 Å². The van der Waals surface area contributed by atoms with E-state index >= 15 is 0 Å². The van der Waals surface area contributed by atoms with Crippen LogP contribution in [0.4, 0.5) is 8.78 Å². The SMILES string of the molecule is O=S(=O)(C(C=Cc1ccc(Br)cc1)c1ccc(F)cc1)C(C=Cc1ccc(Br)cc1)c1ccc(F)cc1. The van der Waals surface area contributed by atoms with E-state index in [9.17, 15) is 17.2 Å². The first-order chi connectivity index (χ1) is 17.7. The Hall–Kier alpha value is -2.87. The number of benzene rings is 4. The predicted octanol–water partition coefficient (Wildman–Crippen LogP) is 9.11. The summed E-state index contributed by atoms with van der Waals surface area (Å²) < 4.78 is 57.7. The van der Waals surface area contributed by atoms with Gasteiger partial charge in [0.1, 0.15) is 22.1 Å². The molecule has 0 aliphatic rings. The molecule has 0 bridgehead atoms. The maximum atomic E-state index is 14.2. The second-order valence-corrected chi connectivity index (χ2v) is 12.4. The van der Waals surface area contributed by atoms with Crippen LogP contribution in [0.15, 0.2) is 118 Å². The summed E-state index contributed by atoms with van der Waals surface area (Å²) in [5.74, 6) is -0.913. The fourth-order valence-electron chi connectivity index (χ4n) is 3.83. The summed E-state index contributed by atoms with van der Waals surface area (Å²) in [6.45, 7) is 0. The Bertz CT molecular complexity index is 1390. The van der Waals surface area contributed by atoms with Crippen molar-refractivity contribution in [2.75, 3.05) is 0 Å². The molecule has 7 heteroatoms. The molecule has 0 N–H and O–H groups in total. The molecule has 0 fully saturated rings. The fourth-order valence-corrected chi connectivity index (χ4v) is 6.34. The molecular weight excluding hydrogens is 622 g/mol. The summed E-state index contributed by atoms with van der Waals surface area (Å²) in [4.78, 5) is 0. The van der Waals surface area contributed by atoms with Crippen LogP contribution in [-0.2, 0) is 9.84 Å². The Labute approximate surface area is 232 Å². The van der Waals surface area contributed by atoms with Gasteiger partial charge in [-0.3, -0.25) is 0 Å². The lowest BCUT2D eigenvalue weighted by atomic mass is 10.1. The van der Waals surface area contributed by atoms with E-state index in [0.29, 0.717) is 11.1 Å². The molecule has 2 nitrogen and oxygen atoms in total. The Morgan fingerprint density at radius 2 is 0.865 bits per heavy atom. The first-order valence-electron chi connectivity index (χ1n) is 11.3. The number of rotatable bonds is 8. The molecule has 0 spiro atoms. The van der Waals surface area contributed by atoms with Gasteiger partial charge >= 0.3 is 0 Å². The van der Waals surface area contributed by atoms with Crippen LogP contribution in [0.1, 0.15) is 32.8 Å². The molecule has 2 unspecified atom stereocenters. The smallest absolute Gasteiger partial charge is 0.171 e. The average molecular weight is 644 g/mol. The number of hydrogen-bond acceptors (Lipinski definition) is 2. The molecular formula is C30H22Br2F2O2S. The lowest BCUT2D eigenvalue weighted by Gasteiger charge is -2.22. The van der Waals surface area contributed by atoms with Gasteiger partial charge in [-0.15, -0.1) is 0 Å². The summed E-state index contributed by atoms with van der Waals surface area (Å²) >= 11 is 6.80. The third kappa shape index (κ3) is 7.12. The highest BCUT2D eigenvalue weighted by atomic mass is 79.9. The maximum Gasteiger partial charge on any atom is 0.171 e. The standard InChI is InChI=1S/C30H22Br2F2O2S/c31-25-11-1-21(2-12-25)5-19-29(23-7-15-27(33)16-8-23)37(35,36)30(24-9-17-28(34)18-10-24)20-6-22-3-13-26(32)14-4-22/h1-20,29-30H. The zero-order valence-electron chi connectivity index (χ0n) is 19.4. The van der Waals surface area contributed by atoms with E-state index in [-0.39, 0.29) is 0 Å². The van der Waals surface area contributed by atoms with Gasteiger partial charge in [-0.25, -0.2) is 17.2 Å². The molecule has 0 aromatic heterocycles. The molecule has 2 atom stereocenters. The van der Waals surface area contributed by atoms with Gasteiger partial charge in [0.25, 0.3) is 0 Å². The van der Waals surface area contributed by atoms with Crippen LogP contribution >= 0.6 is 31.9 Å². The van der Waals surface area contributed by atoms with E-state index in [2.05, 4.69) is 31.9 Å². The van der Waals surface area contributed by atoms with Crippen molar-refractivity contribution in [1.82, 2.24) is 0 Å². The molecule has 188 valence electrons. The zero-order chi connectivity index (χ0) is 26.4. The van der Waals surface area contributed by atoms with Crippen LogP contribution in [0, 0.1) is 11.6 Å². The Balaban J connectivity index is 1.81. The van der Waals surface area contributed by atoms with Crippen molar-refractivity contribution in [1.29, 1.82) is 0 Å². The Morgan fingerprint density at radius 3 is 1.19 bits per heavy atom. The molecule has 0 radical (unpaired) electrons. The first-order valence-corrected chi connectivity index (χ1v) is 14.5. The van der Waals surface area contributed by atoms with Crippen molar-refractivity contribution < 1.29 is 17.2 Å². The highest BCUT2D eigenvalue weighted by Crippen LogP contribution is 2.37. The molecule has 4 rings (SSSR count). The molecule has 0 aliphatic carbocycles. The van der Waals surface area contributed by atoms with E-state index in [1.54, 1.807) is 24.3 Å². The average Bonchev–Trinajstić information content (AvgIpc) is 2.88. The fraction of sp³-hybridized carbons (Fsp3) is 0.0667. The molecule has 0 saturated heterocycles. The van der Waals surface area contributed by atoms with E-state index in [1.165, 1.54) is 48.5 Å². The van der Waals surface area contributed by atoms with Gasteiger partial charge in [0.2, 0.25) is 0 Å². The quantitative estimate of drug-likeness (QED) is 0.192.